The van der Waals surface area contributed by atoms with E-state index in [4.69, 9.17) is 33.0 Å². The number of allylic oxidation sites excluding steroid dienone is 2. The molecule has 0 aliphatic carbocycles. The number of nitrogens with one attached hydrogen (secondary N) is 1. The average Bonchev–Trinajstić information content (AvgIpc) is 2.56. The van der Waals surface area contributed by atoms with Crippen LogP contribution in [-0.2, 0) is 9.53 Å². The van der Waals surface area contributed by atoms with Gasteiger partial charge in [0, 0.05) is 13.1 Å². The predicted octanol–water partition coefficient (Wildman–Crippen LogP) is 2.91. The summed E-state index contributed by atoms with van der Waals surface area (Å²) in [6.45, 7) is 2.43. The highest BCUT2D eigenvalue weighted by Crippen LogP contribution is 2.34. The van der Waals surface area contributed by atoms with E-state index >= 15 is 0 Å². The van der Waals surface area contributed by atoms with Crippen LogP contribution in [0, 0.1) is 0 Å². The smallest absolute Gasteiger partial charge is 0.333 e. The third kappa shape index (κ3) is 3.53. The molecule has 1 fully saturated rings. The summed E-state index contributed by atoms with van der Waals surface area (Å²) < 4.78 is 5.71. The van der Waals surface area contributed by atoms with E-state index in [9.17, 15) is 4.79 Å². The quantitative estimate of drug-likeness (QED) is 0.817. The van der Waals surface area contributed by atoms with Crippen molar-refractivity contribution in [2.45, 2.75) is 6.10 Å². The van der Waals surface area contributed by atoms with Crippen LogP contribution in [0.4, 0.5) is 5.69 Å². The molecule has 2 N–H and O–H groups in total. The van der Waals surface area contributed by atoms with Crippen LogP contribution in [0.15, 0.2) is 41.1 Å². The van der Waals surface area contributed by atoms with Crippen LogP contribution in [0.5, 0.6) is 0 Å². The van der Waals surface area contributed by atoms with Crippen molar-refractivity contribution in [2.24, 2.45) is 0 Å². The summed E-state index contributed by atoms with van der Waals surface area (Å²) in [4.78, 5) is 12.8. The van der Waals surface area contributed by atoms with Gasteiger partial charge in [0.05, 0.1) is 35.5 Å². The lowest BCUT2D eigenvalue weighted by Gasteiger charge is -2.29. The van der Waals surface area contributed by atoms with Gasteiger partial charge in [-0.05, 0) is 29.8 Å². The van der Waals surface area contributed by atoms with Crippen LogP contribution in [-0.4, -0.2) is 37.3 Å². The monoisotopic (exact) mass is 354 g/mol. The van der Waals surface area contributed by atoms with Crippen molar-refractivity contribution in [1.82, 2.24) is 5.32 Å². The minimum Gasteiger partial charge on any atom is -0.478 e. The van der Waals surface area contributed by atoms with Gasteiger partial charge in [-0.25, -0.2) is 4.79 Å². The van der Waals surface area contributed by atoms with E-state index in [1.165, 1.54) is 6.08 Å². The highest BCUT2D eigenvalue weighted by atomic mass is 35.5. The zero-order chi connectivity index (χ0) is 16.4. The van der Waals surface area contributed by atoms with Gasteiger partial charge in [-0.15, -0.1) is 0 Å². The highest BCUT2D eigenvalue weighted by molar-refractivity contribution is 6.35. The first-order chi connectivity index (χ1) is 11.1. The number of morpholine rings is 1. The summed E-state index contributed by atoms with van der Waals surface area (Å²) in [5, 5.41) is 13.4. The number of ether oxygens (including phenoxy) is 1. The zero-order valence-electron chi connectivity index (χ0n) is 12.3. The Labute approximate surface area is 144 Å². The second-order valence-electron chi connectivity index (χ2n) is 5.35. The van der Waals surface area contributed by atoms with Crippen molar-refractivity contribution < 1.29 is 14.6 Å². The summed E-state index contributed by atoms with van der Waals surface area (Å²) >= 11 is 12.6. The molecule has 2 heterocycles. The first-order valence-corrected chi connectivity index (χ1v) is 8.01. The second-order valence-corrected chi connectivity index (χ2v) is 6.14. The molecule has 0 radical (unpaired) electrons. The van der Waals surface area contributed by atoms with E-state index in [1.54, 1.807) is 11.0 Å². The second kappa shape index (κ2) is 6.93. The van der Waals surface area contributed by atoms with Crippen LogP contribution in [0.2, 0.25) is 5.02 Å². The van der Waals surface area contributed by atoms with E-state index in [2.05, 4.69) is 5.32 Å². The van der Waals surface area contributed by atoms with Crippen molar-refractivity contribution in [3.63, 3.8) is 0 Å². The molecule has 7 heteroatoms. The lowest BCUT2D eigenvalue weighted by atomic mass is 10.1. The van der Waals surface area contributed by atoms with Gasteiger partial charge in [0.2, 0.25) is 0 Å². The number of aliphatic carboxylic acids is 1. The molecule has 0 amide bonds. The molecule has 1 aromatic rings. The van der Waals surface area contributed by atoms with Crippen molar-refractivity contribution in [3.05, 3.63) is 51.7 Å². The third-order valence-corrected chi connectivity index (χ3v) is 4.48. The van der Waals surface area contributed by atoms with Crippen molar-refractivity contribution in [3.8, 4) is 0 Å². The maximum atomic E-state index is 11.2. The maximum Gasteiger partial charge on any atom is 0.333 e. The number of rotatable bonds is 3. The third-order valence-electron chi connectivity index (χ3n) is 3.84. The van der Waals surface area contributed by atoms with E-state index in [0.717, 1.165) is 18.7 Å². The van der Waals surface area contributed by atoms with Crippen LogP contribution in [0.1, 0.15) is 11.7 Å². The standard InChI is InChI=1S/C16H16Cl2N2O3/c17-12-7-10(14-8-19-5-6-23-14)1-3-13(12)20-9-11(16(21)22)2-4-15(20)18/h1-4,7,14,19H,5-6,8-9H2,(H,21,22)/t14-/m0/s1. The van der Waals surface area contributed by atoms with Crippen molar-refractivity contribution in [2.75, 3.05) is 31.1 Å². The number of hydrogen-bond acceptors (Lipinski definition) is 4. The Hall–Kier alpha value is -1.53. The molecule has 1 saturated heterocycles. The summed E-state index contributed by atoms with van der Waals surface area (Å²) in [7, 11) is 0. The molecule has 1 atom stereocenters. The minimum atomic E-state index is -0.968. The SMILES string of the molecule is O=C(O)C1=CC=C(Cl)N(c2ccc([C@@H]3CNCCO3)cc2Cl)C1. The molecule has 2 aliphatic heterocycles. The molecule has 2 aliphatic rings. The summed E-state index contributed by atoms with van der Waals surface area (Å²) in [5.41, 5.74) is 1.92. The normalized spacial score (nSPS) is 21.7. The van der Waals surface area contributed by atoms with Gasteiger partial charge in [0.15, 0.2) is 0 Å². The first kappa shape index (κ1) is 16.3. The highest BCUT2D eigenvalue weighted by Gasteiger charge is 2.23. The number of carbonyl (C=O) groups is 1. The van der Waals surface area contributed by atoms with Crippen molar-refractivity contribution >= 4 is 34.9 Å². The molecule has 0 bridgehead atoms. The summed E-state index contributed by atoms with van der Waals surface area (Å²) in [6.07, 6.45) is 3.04. The Morgan fingerprint density at radius 1 is 1.35 bits per heavy atom. The number of carboxylic acids is 1. The molecule has 0 saturated carbocycles. The van der Waals surface area contributed by atoms with Gasteiger partial charge in [0.1, 0.15) is 5.16 Å². The number of benzene rings is 1. The molecule has 0 unspecified atom stereocenters. The topological polar surface area (TPSA) is 61.8 Å². The Morgan fingerprint density at radius 3 is 2.83 bits per heavy atom. The Bertz CT molecular complexity index is 682. The molecule has 5 nitrogen and oxygen atoms in total. The zero-order valence-corrected chi connectivity index (χ0v) is 13.8. The lowest BCUT2D eigenvalue weighted by Crippen LogP contribution is -2.33. The van der Waals surface area contributed by atoms with Crippen LogP contribution in [0.3, 0.4) is 0 Å². The van der Waals surface area contributed by atoms with Gasteiger partial charge in [-0.2, -0.15) is 0 Å². The largest absolute Gasteiger partial charge is 0.478 e. The molecule has 0 aromatic heterocycles. The van der Waals surface area contributed by atoms with Crippen LogP contribution < -0.4 is 10.2 Å². The summed E-state index contributed by atoms with van der Waals surface area (Å²) in [6, 6.07) is 5.62. The fourth-order valence-corrected chi connectivity index (χ4v) is 3.12. The van der Waals surface area contributed by atoms with E-state index in [0.29, 0.717) is 22.5 Å². The van der Waals surface area contributed by atoms with Crippen LogP contribution >= 0.6 is 23.2 Å². The van der Waals surface area contributed by atoms with E-state index in [1.807, 2.05) is 18.2 Å². The first-order valence-electron chi connectivity index (χ1n) is 7.25. The lowest BCUT2D eigenvalue weighted by molar-refractivity contribution is -0.132. The minimum absolute atomic E-state index is 0.0304. The van der Waals surface area contributed by atoms with Gasteiger partial charge < -0.3 is 20.1 Å². The van der Waals surface area contributed by atoms with Crippen molar-refractivity contribution in [1.29, 1.82) is 0 Å². The van der Waals surface area contributed by atoms with Gasteiger partial charge >= 0.3 is 5.97 Å². The van der Waals surface area contributed by atoms with E-state index < -0.39 is 5.97 Å². The summed E-state index contributed by atoms with van der Waals surface area (Å²) in [5.74, 6) is -0.968. The van der Waals surface area contributed by atoms with Crippen LogP contribution in [0.25, 0.3) is 0 Å². The molecular formula is C16H16Cl2N2O3. The molecule has 122 valence electrons. The maximum absolute atomic E-state index is 11.2. The molecule has 1 aromatic carbocycles. The van der Waals surface area contributed by atoms with Gasteiger partial charge in [0.25, 0.3) is 0 Å². The fourth-order valence-electron chi connectivity index (χ4n) is 2.62. The average molecular weight is 355 g/mol. The number of carboxylic acid groups (broad SMARTS) is 1. The molecular weight excluding hydrogens is 339 g/mol. The molecule has 23 heavy (non-hydrogen) atoms. The Kier molecular flexibility index (Phi) is 4.92. The van der Waals surface area contributed by atoms with E-state index in [-0.39, 0.29) is 18.2 Å². The van der Waals surface area contributed by atoms with Gasteiger partial charge in [-0.3, -0.25) is 0 Å². The number of halogens is 2. The number of hydrogen-bond donors (Lipinski definition) is 2. The Balaban J connectivity index is 1.85. The van der Waals surface area contributed by atoms with Gasteiger partial charge in [-0.1, -0.05) is 29.3 Å². The molecule has 3 rings (SSSR count). The Morgan fingerprint density at radius 2 is 2.17 bits per heavy atom. The number of nitrogens with zero attached hydrogens (tertiary/aromatic N) is 1. The fraction of sp³-hybridized carbons (Fsp3) is 0.312. The molecule has 0 spiro atoms. The number of anilines is 1. The predicted molar refractivity (Wildman–Crippen MR) is 90.0 cm³/mol.